The van der Waals surface area contributed by atoms with Gasteiger partial charge in [-0.05, 0) is 23.1 Å². The molecule has 0 radical (unpaired) electrons. The Hall–Kier alpha value is -1.77. The van der Waals surface area contributed by atoms with E-state index in [4.69, 9.17) is 0 Å². The molecule has 1 amide bonds. The van der Waals surface area contributed by atoms with Crippen LogP contribution in [0.3, 0.4) is 0 Å². The third-order valence-electron chi connectivity index (χ3n) is 2.72. The number of amides is 1. The number of nitrogens with one attached hydrogen (secondary N) is 1. The van der Waals surface area contributed by atoms with Gasteiger partial charge in [0.05, 0.1) is 5.56 Å². The predicted octanol–water partition coefficient (Wildman–Crippen LogP) is 4.28. The number of benzene rings is 1. The zero-order valence-electron chi connectivity index (χ0n) is 11.2. The molecule has 0 aliphatic heterocycles. The third kappa shape index (κ3) is 3.70. The molecule has 112 valence electrons. The summed E-state index contributed by atoms with van der Waals surface area (Å²) < 4.78 is 14.2. The van der Waals surface area contributed by atoms with Gasteiger partial charge in [0.25, 0.3) is 5.91 Å². The Morgan fingerprint density at radius 1 is 1.27 bits per heavy atom. The Morgan fingerprint density at radius 3 is 2.91 bits per heavy atom. The highest BCUT2D eigenvalue weighted by Gasteiger charge is 2.11. The van der Waals surface area contributed by atoms with E-state index in [1.165, 1.54) is 40.5 Å². The predicted molar refractivity (Wildman–Crippen MR) is 88.1 cm³/mol. The molecule has 1 aromatic carbocycles. The smallest absolute Gasteiger partial charge is 0.258 e. The highest BCUT2D eigenvalue weighted by atomic mass is 32.2. The lowest BCUT2D eigenvalue weighted by molar-refractivity contribution is 0.102. The normalized spacial score (nSPS) is 10.6. The topological polar surface area (TPSA) is 54.9 Å². The van der Waals surface area contributed by atoms with Gasteiger partial charge in [-0.2, -0.15) is 11.3 Å². The monoisotopic (exact) mass is 351 g/mol. The summed E-state index contributed by atoms with van der Waals surface area (Å²) in [5, 5.41) is 14.7. The van der Waals surface area contributed by atoms with E-state index in [2.05, 4.69) is 15.5 Å². The van der Waals surface area contributed by atoms with Crippen molar-refractivity contribution >= 4 is 45.5 Å². The van der Waals surface area contributed by atoms with Gasteiger partial charge >= 0.3 is 0 Å². The molecule has 2 heterocycles. The maximum absolute atomic E-state index is 13.5. The van der Waals surface area contributed by atoms with Crippen molar-refractivity contribution < 1.29 is 9.18 Å². The summed E-state index contributed by atoms with van der Waals surface area (Å²) in [6.07, 6.45) is 0. The van der Waals surface area contributed by atoms with E-state index in [1.54, 1.807) is 29.6 Å². The first-order valence-corrected chi connectivity index (χ1v) is 9.00. The first kappa shape index (κ1) is 15.1. The minimum absolute atomic E-state index is 0.206. The van der Waals surface area contributed by atoms with Gasteiger partial charge in [0.2, 0.25) is 5.13 Å². The zero-order valence-corrected chi connectivity index (χ0v) is 13.6. The van der Waals surface area contributed by atoms with Crippen molar-refractivity contribution in [3.8, 4) is 0 Å². The van der Waals surface area contributed by atoms with Gasteiger partial charge < -0.3 is 0 Å². The summed E-state index contributed by atoms with van der Waals surface area (Å²) >= 11 is 4.12. The van der Waals surface area contributed by atoms with Crippen LogP contribution in [0.2, 0.25) is 0 Å². The minimum Gasteiger partial charge on any atom is -0.296 e. The number of nitrogens with zero attached hydrogens (tertiary/aromatic N) is 2. The first-order chi connectivity index (χ1) is 10.7. The first-order valence-electron chi connectivity index (χ1n) is 6.25. The molecule has 2 aromatic heterocycles. The maximum Gasteiger partial charge on any atom is 0.258 e. The van der Waals surface area contributed by atoms with Crippen molar-refractivity contribution in [1.29, 1.82) is 0 Å². The lowest BCUT2D eigenvalue weighted by atomic mass is 10.2. The molecule has 4 nitrogen and oxygen atoms in total. The van der Waals surface area contributed by atoms with Crippen LogP contribution in [0.4, 0.5) is 9.52 Å². The molecule has 0 spiro atoms. The van der Waals surface area contributed by atoms with Crippen molar-refractivity contribution in [1.82, 2.24) is 10.2 Å². The third-order valence-corrected chi connectivity index (χ3v) is 5.42. The molecule has 22 heavy (non-hydrogen) atoms. The number of thioether (sulfide) groups is 1. The van der Waals surface area contributed by atoms with Crippen LogP contribution in [0.5, 0.6) is 0 Å². The van der Waals surface area contributed by atoms with Crippen molar-refractivity contribution in [2.75, 3.05) is 5.32 Å². The molecule has 3 rings (SSSR count). The Morgan fingerprint density at radius 2 is 2.14 bits per heavy atom. The average molecular weight is 351 g/mol. The van der Waals surface area contributed by atoms with Crippen molar-refractivity contribution in [3.63, 3.8) is 0 Å². The number of carbonyl (C=O) groups is 1. The van der Waals surface area contributed by atoms with Gasteiger partial charge in [-0.15, -0.1) is 10.2 Å². The number of thiophene rings is 1. The van der Waals surface area contributed by atoms with Crippen molar-refractivity contribution in [3.05, 3.63) is 58.0 Å². The summed E-state index contributed by atoms with van der Waals surface area (Å²) in [7, 11) is 0. The highest BCUT2D eigenvalue weighted by molar-refractivity contribution is 8.00. The number of rotatable bonds is 5. The number of aromatic nitrogens is 2. The van der Waals surface area contributed by atoms with Crippen LogP contribution in [0, 0.1) is 5.82 Å². The van der Waals surface area contributed by atoms with Crippen LogP contribution >= 0.6 is 34.4 Å². The average Bonchev–Trinajstić information content (AvgIpc) is 3.18. The van der Waals surface area contributed by atoms with Crippen LogP contribution in [-0.4, -0.2) is 16.1 Å². The van der Waals surface area contributed by atoms with E-state index >= 15 is 0 Å². The van der Waals surface area contributed by atoms with Crippen LogP contribution in [0.1, 0.15) is 15.9 Å². The fourth-order valence-corrected chi connectivity index (χ4v) is 4.01. The molecular weight excluding hydrogens is 341 g/mol. The molecule has 0 unspecified atom stereocenters. The summed E-state index contributed by atoms with van der Waals surface area (Å²) in [5.41, 5.74) is 1.22. The van der Waals surface area contributed by atoms with E-state index in [9.17, 15) is 9.18 Å². The van der Waals surface area contributed by atoms with Gasteiger partial charge in [-0.3, -0.25) is 10.1 Å². The summed E-state index contributed by atoms with van der Waals surface area (Å²) in [6, 6.07) is 8.37. The molecule has 0 bridgehead atoms. The molecule has 1 N–H and O–H groups in total. The molecule has 0 fully saturated rings. The van der Waals surface area contributed by atoms with Gasteiger partial charge in [-0.25, -0.2) is 4.39 Å². The lowest BCUT2D eigenvalue weighted by Crippen LogP contribution is -2.10. The maximum atomic E-state index is 13.5. The van der Waals surface area contributed by atoms with E-state index in [0.717, 1.165) is 0 Å². The molecular formula is C14H10FN3OS3. The Kier molecular flexibility index (Phi) is 4.81. The van der Waals surface area contributed by atoms with Gasteiger partial charge in [0, 0.05) is 11.1 Å². The lowest BCUT2D eigenvalue weighted by Gasteiger charge is -1.99. The molecule has 0 aliphatic carbocycles. The number of hydrogen-bond donors (Lipinski definition) is 1. The largest absolute Gasteiger partial charge is 0.296 e. The van der Waals surface area contributed by atoms with Crippen LogP contribution in [0.15, 0.2) is 45.4 Å². The van der Waals surface area contributed by atoms with Crippen LogP contribution < -0.4 is 5.32 Å². The second-order valence-corrected chi connectivity index (χ2v) is 7.20. The molecule has 8 heteroatoms. The molecule has 0 saturated heterocycles. The zero-order chi connectivity index (χ0) is 15.4. The SMILES string of the molecule is O=C(Nc1nnc(SCc2ccccc2F)s1)c1ccsc1. The van der Waals surface area contributed by atoms with Crippen LogP contribution in [0.25, 0.3) is 0 Å². The van der Waals surface area contributed by atoms with E-state index in [-0.39, 0.29) is 11.7 Å². The molecule has 3 aromatic rings. The molecule has 0 atom stereocenters. The second-order valence-electron chi connectivity index (χ2n) is 4.22. The number of anilines is 1. The van der Waals surface area contributed by atoms with Gasteiger partial charge in [-0.1, -0.05) is 41.3 Å². The number of halogens is 1. The summed E-state index contributed by atoms with van der Waals surface area (Å²) in [4.78, 5) is 11.9. The van der Waals surface area contributed by atoms with Gasteiger partial charge in [0.1, 0.15) is 5.82 Å². The van der Waals surface area contributed by atoms with Gasteiger partial charge in [0.15, 0.2) is 4.34 Å². The summed E-state index contributed by atoms with van der Waals surface area (Å²) in [5.74, 6) is 0.0355. The van der Waals surface area contributed by atoms with Crippen molar-refractivity contribution in [2.45, 2.75) is 10.1 Å². The Labute approximate surface area is 138 Å². The second kappa shape index (κ2) is 6.99. The van der Waals surface area contributed by atoms with E-state index in [0.29, 0.717) is 26.4 Å². The number of hydrogen-bond acceptors (Lipinski definition) is 6. The Bertz CT molecular complexity index is 773. The standard InChI is InChI=1S/C14H10FN3OS3/c15-11-4-2-1-3-9(11)8-21-14-18-17-13(22-14)16-12(19)10-5-6-20-7-10/h1-7H,8H2,(H,16,17,19). The Balaban J connectivity index is 1.60. The van der Waals surface area contributed by atoms with Crippen molar-refractivity contribution in [2.24, 2.45) is 0 Å². The quantitative estimate of drug-likeness (QED) is 0.550. The van der Waals surface area contributed by atoms with E-state index in [1.807, 2.05) is 5.38 Å². The molecule has 0 saturated carbocycles. The molecule has 0 aliphatic rings. The van der Waals surface area contributed by atoms with E-state index < -0.39 is 0 Å². The fraction of sp³-hybridized carbons (Fsp3) is 0.0714. The fourth-order valence-electron chi connectivity index (χ4n) is 1.64. The van der Waals surface area contributed by atoms with Crippen LogP contribution in [-0.2, 0) is 5.75 Å². The number of carbonyl (C=O) groups excluding carboxylic acids is 1. The summed E-state index contributed by atoms with van der Waals surface area (Å²) in [6.45, 7) is 0. The highest BCUT2D eigenvalue weighted by Crippen LogP contribution is 2.29. The minimum atomic E-state index is -0.231.